The lowest BCUT2D eigenvalue weighted by Gasteiger charge is -1.99. The average molecular weight is 292 g/mol. The number of thiazole rings is 1. The smallest absolute Gasteiger partial charge is 0.350 e. The Morgan fingerprint density at radius 2 is 2.10 bits per heavy atom. The quantitative estimate of drug-likeness (QED) is 0.798. The Labute approximate surface area is 119 Å². The van der Waals surface area contributed by atoms with Crippen LogP contribution in [0.3, 0.4) is 0 Å². The van der Waals surface area contributed by atoms with Crippen molar-refractivity contribution in [1.29, 1.82) is 0 Å². The van der Waals surface area contributed by atoms with E-state index in [0.717, 1.165) is 16.9 Å². The summed E-state index contributed by atoms with van der Waals surface area (Å²) in [7, 11) is 2.57. The van der Waals surface area contributed by atoms with Gasteiger partial charge in [-0.15, -0.1) is 11.3 Å². The number of nitrogens with zero attached hydrogens (tertiary/aromatic N) is 2. The highest BCUT2D eigenvalue weighted by Crippen LogP contribution is 2.28. The average Bonchev–Trinajstić information content (AvgIpc) is 2.91. The topological polar surface area (TPSA) is 78.4 Å². The number of carbonyl (C=O) groups excluding carboxylic acids is 2. The lowest BCUT2D eigenvalue weighted by Crippen LogP contribution is -2.09. The fraction of sp³-hybridized carbons (Fsp3) is 0.231. The molecule has 104 valence electrons. The van der Waals surface area contributed by atoms with Crippen LogP contribution in [0, 0.1) is 0 Å². The monoisotopic (exact) mass is 292 g/mol. The fourth-order valence-electron chi connectivity index (χ4n) is 1.55. The van der Waals surface area contributed by atoms with E-state index in [1.54, 1.807) is 18.5 Å². The van der Waals surface area contributed by atoms with Gasteiger partial charge in [0, 0.05) is 18.0 Å². The van der Waals surface area contributed by atoms with Crippen molar-refractivity contribution in [1.82, 2.24) is 9.97 Å². The molecule has 0 aromatic carbocycles. The van der Waals surface area contributed by atoms with Gasteiger partial charge < -0.3 is 9.47 Å². The maximum Gasteiger partial charge on any atom is 0.350 e. The third kappa shape index (κ3) is 3.00. The van der Waals surface area contributed by atoms with Gasteiger partial charge in [-0.05, 0) is 12.1 Å². The van der Waals surface area contributed by atoms with Crippen molar-refractivity contribution < 1.29 is 19.1 Å². The van der Waals surface area contributed by atoms with Gasteiger partial charge in [0.05, 0.1) is 26.3 Å². The molecule has 0 amide bonds. The highest BCUT2D eigenvalue weighted by atomic mass is 32.1. The lowest BCUT2D eigenvalue weighted by atomic mass is 10.2. The summed E-state index contributed by atoms with van der Waals surface area (Å²) >= 11 is 1.16. The Morgan fingerprint density at radius 3 is 2.70 bits per heavy atom. The fourth-order valence-corrected chi connectivity index (χ4v) is 2.54. The van der Waals surface area contributed by atoms with E-state index in [1.807, 2.05) is 6.07 Å². The molecule has 0 N–H and O–H groups in total. The third-order valence-electron chi connectivity index (χ3n) is 2.52. The van der Waals surface area contributed by atoms with Gasteiger partial charge in [0.15, 0.2) is 0 Å². The first kappa shape index (κ1) is 14.1. The molecule has 0 aliphatic carbocycles. The summed E-state index contributed by atoms with van der Waals surface area (Å²) in [6.07, 6.45) is 3.22. The Morgan fingerprint density at radius 1 is 1.30 bits per heavy atom. The lowest BCUT2D eigenvalue weighted by molar-refractivity contribution is -0.139. The first-order valence-corrected chi connectivity index (χ1v) is 6.52. The van der Waals surface area contributed by atoms with Gasteiger partial charge in [-0.1, -0.05) is 0 Å². The zero-order valence-electron chi connectivity index (χ0n) is 11.0. The van der Waals surface area contributed by atoms with Crippen molar-refractivity contribution in [2.24, 2.45) is 0 Å². The molecule has 0 radical (unpaired) electrons. The Hall–Kier alpha value is -2.28. The molecule has 2 heterocycles. The zero-order chi connectivity index (χ0) is 14.5. The van der Waals surface area contributed by atoms with Crippen molar-refractivity contribution in [3.63, 3.8) is 0 Å². The number of carbonyl (C=O) groups is 2. The number of ether oxygens (including phenoxy) is 2. The number of hydrogen-bond donors (Lipinski definition) is 0. The summed E-state index contributed by atoms with van der Waals surface area (Å²) in [4.78, 5) is 31.7. The van der Waals surface area contributed by atoms with E-state index >= 15 is 0 Å². The molecule has 0 unspecified atom stereocenters. The number of esters is 2. The number of hydrogen-bond acceptors (Lipinski definition) is 7. The van der Waals surface area contributed by atoms with Crippen LogP contribution in [0.25, 0.3) is 10.6 Å². The van der Waals surface area contributed by atoms with Crippen LogP contribution in [0.5, 0.6) is 0 Å². The molecule has 20 heavy (non-hydrogen) atoms. The Balaban J connectivity index is 2.41. The predicted molar refractivity (Wildman–Crippen MR) is 72.4 cm³/mol. The molecule has 2 aromatic rings. The van der Waals surface area contributed by atoms with Crippen LogP contribution in [0.4, 0.5) is 0 Å². The van der Waals surface area contributed by atoms with Crippen molar-refractivity contribution in [2.75, 3.05) is 14.2 Å². The molecule has 0 saturated heterocycles. The zero-order valence-corrected chi connectivity index (χ0v) is 11.8. The minimum atomic E-state index is -0.517. The maximum absolute atomic E-state index is 11.7. The van der Waals surface area contributed by atoms with Gasteiger partial charge in [-0.3, -0.25) is 9.78 Å². The van der Waals surface area contributed by atoms with Crippen LogP contribution in [0.1, 0.15) is 15.4 Å². The minimum Gasteiger partial charge on any atom is -0.469 e. The highest BCUT2D eigenvalue weighted by molar-refractivity contribution is 7.17. The number of aromatic nitrogens is 2. The largest absolute Gasteiger partial charge is 0.469 e. The van der Waals surface area contributed by atoms with Crippen LogP contribution in [0.2, 0.25) is 0 Å². The van der Waals surface area contributed by atoms with Gasteiger partial charge in [0.2, 0.25) is 0 Å². The van der Waals surface area contributed by atoms with E-state index in [-0.39, 0.29) is 6.42 Å². The molecule has 0 fully saturated rings. The van der Waals surface area contributed by atoms with Crippen LogP contribution in [0.15, 0.2) is 24.5 Å². The van der Waals surface area contributed by atoms with Gasteiger partial charge in [-0.2, -0.15) is 0 Å². The summed E-state index contributed by atoms with van der Waals surface area (Å²) in [6.45, 7) is 0. The van der Waals surface area contributed by atoms with Crippen molar-refractivity contribution >= 4 is 23.3 Å². The number of pyridine rings is 1. The second-order valence-corrected chi connectivity index (χ2v) is 4.78. The van der Waals surface area contributed by atoms with Crippen LogP contribution >= 0.6 is 11.3 Å². The van der Waals surface area contributed by atoms with E-state index in [9.17, 15) is 9.59 Å². The molecule has 0 aliphatic heterocycles. The number of methoxy groups -OCH3 is 2. The molecule has 0 bridgehead atoms. The summed E-state index contributed by atoms with van der Waals surface area (Å²) in [5.41, 5.74) is 1.13. The van der Waals surface area contributed by atoms with E-state index in [2.05, 4.69) is 14.7 Å². The van der Waals surface area contributed by atoms with Crippen LogP contribution < -0.4 is 0 Å². The Kier molecular flexibility index (Phi) is 4.41. The van der Waals surface area contributed by atoms with Crippen molar-refractivity contribution in [3.05, 3.63) is 35.1 Å². The van der Waals surface area contributed by atoms with Gasteiger partial charge >= 0.3 is 11.9 Å². The van der Waals surface area contributed by atoms with Crippen LogP contribution in [-0.4, -0.2) is 36.1 Å². The molecular formula is C13H12N2O4S. The molecule has 0 aliphatic rings. The summed E-state index contributed by atoms with van der Waals surface area (Å²) in [5.74, 6) is -0.977. The molecule has 7 heteroatoms. The molecule has 6 nitrogen and oxygen atoms in total. The Bertz CT molecular complexity index is 625. The molecule has 0 spiro atoms. The molecule has 0 saturated carbocycles. The normalized spacial score (nSPS) is 10.1. The van der Waals surface area contributed by atoms with Crippen LogP contribution in [-0.2, 0) is 20.7 Å². The first-order valence-electron chi connectivity index (χ1n) is 5.71. The van der Waals surface area contributed by atoms with E-state index in [0.29, 0.717) is 15.6 Å². The first-order chi connectivity index (χ1) is 9.65. The van der Waals surface area contributed by atoms with E-state index < -0.39 is 11.9 Å². The van der Waals surface area contributed by atoms with E-state index in [4.69, 9.17) is 4.74 Å². The second kappa shape index (κ2) is 6.25. The third-order valence-corrected chi connectivity index (χ3v) is 3.64. The highest BCUT2D eigenvalue weighted by Gasteiger charge is 2.21. The van der Waals surface area contributed by atoms with Gasteiger partial charge in [0.1, 0.15) is 9.88 Å². The SMILES string of the molecule is COC(=O)Cc1nc(-c2cccnc2)sc1C(=O)OC. The molecule has 2 rings (SSSR count). The standard InChI is InChI=1S/C13H12N2O4S/c1-18-10(16)6-9-11(13(17)19-2)20-12(15-9)8-4-3-5-14-7-8/h3-5,7H,6H2,1-2H3. The van der Waals surface area contributed by atoms with E-state index in [1.165, 1.54) is 14.2 Å². The van der Waals surface area contributed by atoms with Crippen molar-refractivity contribution in [2.45, 2.75) is 6.42 Å². The molecule has 0 atom stereocenters. The summed E-state index contributed by atoms with van der Waals surface area (Å²) < 4.78 is 9.30. The molecular weight excluding hydrogens is 280 g/mol. The maximum atomic E-state index is 11.7. The summed E-state index contributed by atoms with van der Waals surface area (Å²) in [6, 6.07) is 3.60. The van der Waals surface area contributed by atoms with Crippen molar-refractivity contribution in [3.8, 4) is 10.6 Å². The van der Waals surface area contributed by atoms with Gasteiger partial charge in [-0.25, -0.2) is 9.78 Å². The molecule has 2 aromatic heterocycles. The number of rotatable bonds is 4. The minimum absolute atomic E-state index is 0.0717. The van der Waals surface area contributed by atoms with Gasteiger partial charge in [0.25, 0.3) is 0 Å². The predicted octanol–water partition coefficient (Wildman–Crippen LogP) is 1.71. The summed E-state index contributed by atoms with van der Waals surface area (Å²) in [5, 5.41) is 0.609. The second-order valence-electron chi connectivity index (χ2n) is 3.78.